The molecule has 0 N–H and O–H groups in total. The Morgan fingerprint density at radius 3 is 2.14 bits per heavy atom. The predicted molar refractivity (Wildman–Crippen MR) is 79.8 cm³/mol. The molecule has 0 spiro atoms. The van der Waals surface area contributed by atoms with Gasteiger partial charge in [-0.3, -0.25) is 4.90 Å². The molecule has 0 aliphatic carbocycles. The van der Waals surface area contributed by atoms with Gasteiger partial charge in [0.2, 0.25) is 5.79 Å². The van der Waals surface area contributed by atoms with Crippen molar-refractivity contribution in [2.24, 2.45) is 0 Å². The number of benzene rings is 1. The van der Waals surface area contributed by atoms with E-state index in [0.29, 0.717) is 12.5 Å². The summed E-state index contributed by atoms with van der Waals surface area (Å²) in [5, 5.41) is 0. The van der Waals surface area contributed by atoms with Gasteiger partial charge >= 0.3 is 16.3 Å². The lowest BCUT2D eigenvalue weighted by atomic mass is 10.0. The highest BCUT2D eigenvalue weighted by Crippen LogP contribution is 2.33. The van der Waals surface area contributed by atoms with Crippen molar-refractivity contribution in [3.05, 3.63) is 35.4 Å². The summed E-state index contributed by atoms with van der Waals surface area (Å²) < 4.78 is -0.358. The largest absolute Gasteiger partial charge is 0.321 e. The first-order chi connectivity index (χ1) is 9.88. The third-order valence-corrected chi connectivity index (χ3v) is 4.46. The zero-order chi connectivity index (χ0) is 15.1. The summed E-state index contributed by atoms with van der Waals surface area (Å²) >= 11 is 0.844. The van der Waals surface area contributed by atoms with Crippen molar-refractivity contribution in [3.8, 4) is 0 Å². The lowest BCUT2D eigenvalue weighted by molar-refractivity contribution is 0.0850. The van der Waals surface area contributed by atoms with Gasteiger partial charge in [-0.05, 0) is 24.0 Å². The molecule has 2 aliphatic heterocycles. The minimum atomic E-state index is -0.481. The molecule has 2 fully saturated rings. The zero-order valence-electron chi connectivity index (χ0n) is 13.1. The van der Waals surface area contributed by atoms with Crippen LogP contribution in [0.2, 0.25) is 0 Å². The van der Waals surface area contributed by atoms with Crippen LogP contribution in [-0.4, -0.2) is 44.7 Å². The standard InChI is InChI=1S/C15H20NO4.Al.2H/c1-11(2)13-6-4-12(5-7-13)8-16(9-14-17-18-14)10-15(3)19-20-15;;;/h4-7,11H,8-10H2,1-3H3;;;. The molecular formula is C15H22AlNO4. The molecule has 0 unspecified atom stereocenters. The SMILES string of the molecule is CC(C)c1ccc(CN(CC2(C)OO2)C[C]2([AlH2])OO2)cc1. The van der Waals surface area contributed by atoms with Crippen molar-refractivity contribution < 1.29 is 19.6 Å². The summed E-state index contributed by atoms with van der Waals surface area (Å²) in [5.41, 5.74) is 2.63. The molecule has 0 bridgehead atoms. The second-order valence-electron chi connectivity index (χ2n) is 6.64. The molecule has 2 heterocycles. The molecule has 0 aromatic heterocycles. The van der Waals surface area contributed by atoms with Crippen LogP contribution in [0.4, 0.5) is 0 Å². The fourth-order valence-corrected chi connectivity index (χ4v) is 3.02. The summed E-state index contributed by atoms with van der Waals surface area (Å²) in [4.78, 5) is 22.5. The normalized spacial score (nSPS) is 21.8. The van der Waals surface area contributed by atoms with Crippen LogP contribution in [0.15, 0.2) is 24.3 Å². The van der Waals surface area contributed by atoms with Gasteiger partial charge in [-0.1, -0.05) is 38.1 Å². The Morgan fingerprint density at radius 1 is 1.05 bits per heavy atom. The molecule has 2 saturated heterocycles. The van der Waals surface area contributed by atoms with Gasteiger partial charge in [0, 0.05) is 13.1 Å². The van der Waals surface area contributed by atoms with E-state index in [9.17, 15) is 0 Å². The maximum Gasteiger partial charge on any atom is 0.321 e. The smallest absolute Gasteiger partial charge is 0.289 e. The zero-order valence-corrected chi connectivity index (χ0v) is 15.1. The minimum Gasteiger partial charge on any atom is -0.289 e. The van der Waals surface area contributed by atoms with E-state index >= 15 is 0 Å². The van der Waals surface area contributed by atoms with Gasteiger partial charge < -0.3 is 0 Å². The first kappa shape index (κ1) is 15.4. The van der Waals surface area contributed by atoms with Crippen molar-refractivity contribution in [2.75, 3.05) is 13.1 Å². The molecule has 5 nitrogen and oxygen atoms in total. The molecule has 0 radical (unpaired) electrons. The summed E-state index contributed by atoms with van der Waals surface area (Å²) in [6.07, 6.45) is 0. The molecule has 3 rings (SSSR count). The van der Waals surface area contributed by atoms with Crippen LogP contribution in [0.5, 0.6) is 0 Å². The summed E-state index contributed by atoms with van der Waals surface area (Å²) in [7, 11) is 0. The Balaban J connectivity index is 1.65. The number of hydrogen-bond donors (Lipinski definition) is 0. The van der Waals surface area contributed by atoms with Crippen LogP contribution in [0.25, 0.3) is 0 Å². The van der Waals surface area contributed by atoms with E-state index in [1.807, 2.05) is 6.92 Å². The summed E-state index contributed by atoms with van der Waals surface area (Å²) in [6, 6.07) is 8.77. The van der Waals surface area contributed by atoms with Crippen molar-refractivity contribution in [1.82, 2.24) is 4.90 Å². The molecular weight excluding hydrogens is 285 g/mol. The maximum absolute atomic E-state index is 5.09. The van der Waals surface area contributed by atoms with Crippen molar-refractivity contribution >= 4 is 16.3 Å². The average Bonchev–Trinajstić information content (AvgIpc) is 3.31. The van der Waals surface area contributed by atoms with Gasteiger partial charge in [0.15, 0.2) is 4.65 Å². The predicted octanol–water partition coefficient (Wildman–Crippen LogP) is 1.54. The average molecular weight is 307 g/mol. The Labute approximate surface area is 133 Å². The van der Waals surface area contributed by atoms with Crippen LogP contribution in [-0.2, 0) is 26.1 Å². The summed E-state index contributed by atoms with van der Waals surface area (Å²) in [6.45, 7) is 8.63. The van der Waals surface area contributed by atoms with E-state index in [1.165, 1.54) is 11.1 Å². The molecule has 2 aliphatic rings. The van der Waals surface area contributed by atoms with E-state index in [-0.39, 0.29) is 4.65 Å². The van der Waals surface area contributed by atoms with Crippen LogP contribution in [0.3, 0.4) is 0 Å². The first-order valence-corrected chi connectivity index (χ1v) is 8.42. The molecule has 114 valence electrons. The molecule has 0 saturated carbocycles. The number of hydrogen-bond acceptors (Lipinski definition) is 5. The lowest BCUT2D eigenvalue weighted by Gasteiger charge is -2.23. The van der Waals surface area contributed by atoms with E-state index in [2.05, 4.69) is 43.0 Å². The van der Waals surface area contributed by atoms with E-state index in [1.54, 1.807) is 0 Å². The lowest BCUT2D eigenvalue weighted by Crippen LogP contribution is -2.39. The van der Waals surface area contributed by atoms with E-state index < -0.39 is 5.79 Å². The molecule has 1 aromatic rings. The topological polar surface area (TPSA) is 53.4 Å². The minimum absolute atomic E-state index is 0.358. The third-order valence-electron chi connectivity index (χ3n) is 3.81. The van der Waals surface area contributed by atoms with Gasteiger partial charge in [0.25, 0.3) is 0 Å². The van der Waals surface area contributed by atoms with Gasteiger partial charge in [-0.2, -0.15) is 9.78 Å². The summed E-state index contributed by atoms with van der Waals surface area (Å²) in [5.74, 6) is 0.0746. The Morgan fingerprint density at radius 2 is 1.67 bits per heavy atom. The van der Waals surface area contributed by atoms with E-state index in [4.69, 9.17) is 19.6 Å². The van der Waals surface area contributed by atoms with Crippen LogP contribution >= 0.6 is 0 Å². The van der Waals surface area contributed by atoms with E-state index in [0.717, 1.165) is 29.4 Å². The van der Waals surface area contributed by atoms with Gasteiger partial charge in [-0.25, -0.2) is 9.78 Å². The number of rotatable bonds is 7. The monoisotopic (exact) mass is 307 g/mol. The van der Waals surface area contributed by atoms with Gasteiger partial charge in [0.05, 0.1) is 6.54 Å². The second kappa shape index (κ2) is 5.64. The maximum atomic E-state index is 5.09. The molecule has 0 amide bonds. The molecule has 1 aromatic carbocycles. The Hall–Kier alpha value is -0.448. The van der Waals surface area contributed by atoms with Crippen molar-refractivity contribution in [2.45, 2.75) is 43.7 Å². The fraction of sp³-hybridized carbons (Fsp3) is 0.600. The first-order valence-electron chi connectivity index (χ1n) is 7.42. The van der Waals surface area contributed by atoms with Crippen LogP contribution < -0.4 is 0 Å². The Kier molecular flexibility index (Phi) is 4.15. The number of nitrogens with zero attached hydrogens (tertiary/aromatic N) is 1. The highest BCUT2D eigenvalue weighted by molar-refractivity contribution is 6.14. The van der Waals surface area contributed by atoms with Gasteiger partial charge in [-0.15, -0.1) is 0 Å². The highest BCUT2D eigenvalue weighted by Gasteiger charge is 2.49. The van der Waals surface area contributed by atoms with Gasteiger partial charge in [0.1, 0.15) is 0 Å². The highest BCUT2D eigenvalue weighted by atomic mass is 27.0. The third kappa shape index (κ3) is 4.27. The van der Waals surface area contributed by atoms with Crippen molar-refractivity contribution in [1.29, 1.82) is 0 Å². The fourth-order valence-electron chi connectivity index (χ4n) is 2.49. The molecule has 21 heavy (non-hydrogen) atoms. The second-order valence-corrected chi connectivity index (χ2v) is 8.17. The van der Waals surface area contributed by atoms with Crippen LogP contribution in [0.1, 0.15) is 37.8 Å². The Bertz CT molecular complexity index is 477. The quantitative estimate of drug-likeness (QED) is 0.434. The van der Waals surface area contributed by atoms with Crippen LogP contribution in [0, 0.1) is 0 Å². The molecule has 0 atom stereocenters. The molecule has 6 heteroatoms. The van der Waals surface area contributed by atoms with Crippen molar-refractivity contribution in [3.63, 3.8) is 0 Å².